The second-order valence-electron chi connectivity index (χ2n) is 5.62. The van der Waals surface area contributed by atoms with Crippen LogP contribution in [0.5, 0.6) is 0 Å². The summed E-state index contributed by atoms with van der Waals surface area (Å²) in [5, 5.41) is 14.6. The Labute approximate surface area is 144 Å². The Hall–Kier alpha value is -3.35. The number of amides is 3. The highest BCUT2D eigenvalue weighted by atomic mass is 16.4. The van der Waals surface area contributed by atoms with E-state index in [4.69, 9.17) is 0 Å². The predicted molar refractivity (Wildman–Crippen MR) is 92.9 cm³/mol. The van der Waals surface area contributed by atoms with Crippen molar-refractivity contribution in [1.82, 2.24) is 5.32 Å². The molecule has 0 aromatic heterocycles. The zero-order valence-corrected chi connectivity index (χ0v) is 13.4. The number of rotatable bonds is 5. The van der Waals surface area contributed by atoms with Crippen molar-refractivity contribution in [2.24, 2.45) is 0 Å². The summed E-state index contributed by atoms with van der Waals surface area (Å²) in [6.07, 6.45) is -0.0447. The topological polar surface area (TPSA) is 98.7 Å². The number of nitrogens with one attached hydrogen (secondary N) is 2. The summed E-state index contributed by atoms with van der Waals surface area (Å²) < 4.78 is 0. The van der Waals surface area contributed by atoms with Gasteiger partial charge >= 0.3 is 12.0 Å². The van der Waals surface area contributed by atoms with E-state index >= 15 is 0 Å². The van der Waals surface area contributed by atoms with Crippen molar-refractivity contribution >= 4 is 29.3 Å². The third kappa shape index (κ3) is 3.77. The minimum Gasteiger partial charge on any atom is -0.478 e. The zero-order valence-electron chi connectivity index (χ0n) is 13.4. The van der Waals surface area contributed by atoms with E-state index in [0.29, 0.717) is 30.0 Å². The zero-order chi connectivity index (χ0) is 17.8. The van der Waals surface area contributed by atoms with Gasteiger partial charge in [0.1, 0.15) is 0 Å². The fourth-order valence-corrected chi connectivity index (χ4v) is 2.73. The van der Waals surface area contributed by atoms with Crippen LogP contribution < -0.4 is 15.5 Å². The molecule has 3 N–H and O–H groups in total. The van der Waals surface area contributed by atoms with Gasteiger partial charge in [0, 0.05) is 24.5 Å². The van der Waals surface area contributed by atoms with Crippen LogP contribution in [0.4, 0.5) is 16.2 Å². The van der Waals surface area contributed by atoms with E-state index in [1.807, 2.05) is 0 Å². The van der Waals surface area contributed by atoms with Gasteiger partial charge < -0.3 is 15.7 Å². The summed E-state index contributed by atoms with van der Waals surface area (Å²) >= 11 is 0. The Morgan fingerprint density at radius 1 is 1.16 bits per heavy atom. The molecule has 3 rings (SSSR count). The third-order valence-electron chi connectivity index (χ3n) is 3.90. The Bertz CT molecular complexity index is 835. The van der Waals surface area contributed by atoms with Crippen molar-refractivity contribution < 1.29 is 19.5 Å². The van der Waals surface area contributed by atoms with Gasteiger partial charge in [0.25, 0.3) is 0 Å². The Kier molecular flexibility index (Phi) is 4.65. The van der Waals surface area contributed by atoms with E-state index in [0.717, 1.165) is 0 Å². The molecule has 1 fully saturated rings. The van der Waals surface area contributed by atoms with E-state index in [9.17, 15) is 19.5 Å². The minimum atomic E-state index is -1.06. The lowest BCUT2D eigenvalue weighted by Crippen LogP contribution is -2.27. The van der Waals surface area contributed by atoms with Crippen LogP contribution in [0.25, 0.3) is 0 Å². The van der Waals surface area contributed by atoms with Crippen LogP contribution in [0.3, 0.4) is 0 Å². The van der Waals surface area contributed by atoms with Crippen molar-refractivity contribution in [3.8, 4) is 0 Å². The highest BCUT2D eigenvalue weighted by Crippen LogP contribution is 2.21. The Morgan fingerprint density at radius 2 is 1.96 bits per heavy atom. The lowest BCUT2D eigenvalue weighted by molar-refractivity contribution is -0.115. The molecule has 128 valence electrons. The summed E-state index contributed by atoms with van der Waals surface area (Å²) in [5.74, 6) is -1.39. The number of urea groups is 1. The smallest absolute Gasteiger partial charge is 0.335 e. The normalized spacial score (nSPS) is 13.4. The number of carboxylic acid groups (broad SMARTS) is 1. The maximum Gasteiger partial charge on any atom is 0.335 e. The van der Waals surface area contributed by atoms with Crippen molar-refractivity contribution in [2.45, 2.75) is 6.42 Å². The van der Waals surface area contributed by atoms with Gasteiger partial charge in [-0.15, -0.1) is 0 Å². The fraction of sp³-hybridized carbons (Fsp3) is 0.167. The second-order valence-corrected chi connectivity index (χ2v) is 5.62. The molecule has 1 heterocycles. The molecule has 0 unspecified atom stereocenters. The number of hydrogen-bond donors (Lipinski definition) is 3. The lowest BCUT2D eigenvalue weighted by atomic mass is 10.0. The molecule has 0 bridgehead atoms. The number of aromatic carboxylic acids is 1. The van der Waals surface area contributed by atoms with E-state index in [1.165, 1.54) is 6.07 Å². The van der Waals surface area contributed by atoms with Crippen molar-refractivity contribution in [3.63, 3.8) is 0 Å². The third-order valence-corrected chi connectivity index (χ3v) is 3.90. The Morgan fingerprint density at radius 3 is 2.68 bits per heavy atom. The number of anilines is 2. The maximum absolute atomic E-state index is 12.3. The highest BCUT2D eigenvalue weighted by Gasteiger charge is 2.21. The molecule has 0 saturated carbocycles. The molecule has 7 heteroatoms. The monoisotopic (exact) mass is 339 g/mol. The molecule has 2 aromatic carbocycles. The summed E-state index contributed by atoms with van der Waals surface area (Å²) in [6, 6.07) is 13.2. The SMILES string of the molecule is O=C(Cc1ccccc1C(=O)O)Nc1cccc(N2CCNC2=O)c1. The quantitative estimate of drug-likeness (QED) is 0.777. The van der Waals surface area contributed by atoms with Gasteiger partial charge in [-0.2, -0.15) is 0 Å². The van der Waals surface area contributed by atoms with Gasteiger partial charge in [-0.1, -0.05) is 24.3 Å². The number of carboxylic acids is 1. The first-order chi connectivity index (χ1) is 12.0. The second kappa shape index (κ2) is 7.04. The van der Waals surface area contributed by atoms with Crippen LogP contribution in [0.1, 0.15) is 15.9 Å². The van der Waals surface area contributed by atoms with Crippen LogP contribution >= 0.6 is 0 Å². The van der Waals surface area contributed by atoms with E-state index < -0.39 is 5.97 Å². The molecular formula is C18H17N3O4. The first-order valence-electron chi connectivity index (χ1n) is 7.81. The van der Waals surface area contributed by atoms with Crippen LogP contribution in [0.15, 0.2) is 48.5 Å². The largest absolute Gasteiger partial charge is 0.478 e. The van der Waals surface area contributed by atoms with Gasteiger partial charge in [-0.3, -0.25) is 9.69 Å². The standard InChI is InChI=1S/C18H17N3O4/c22-16(10-12-4-1-2-7-15(12)17(23)24)20-13-5-3-6-14(11-13)21-9-8-19-18(21)25/h1-7,11H,8-10H2,(H,19,25)(H,20,22)(H,23,24). The average Bonchev–Trinajstić information content (AvgIpc) is 3.01. The highest BCUT2D eigenvalue weighted by molar-refractivity contribution is 5.98. The number of carbonyl (C=O) groups is 3. The molecule has 1 saturated heterocycles. The molecule has 7 nitrogen and oxygen atoms in total. The molecule has 25 heavy (non-hydrogen) atoms. The van der Waals surface area contributed by atoms with Gasteiger partial charge in [0.05, 0.1) is 12.0 Å². The molecule has 2 aromatic rings. The van der Waals surface area contributed by atoms with E-state index in [-0.39, 0.29) is 23.9 Å². The van der Waals surface area contributed by atoms with E-state index in [2.05, 4.69) is 10.6 Å². The maximum atomic E-state index is 12.3. The number of carbonyl (C=O) groups excluding carboxylic acids is 2. The van der Waals surface area contributed by atoms with Crippen LogP contribution in [-0.4, -0.2) is 36.1 Å². The first kappa shape index (κ1) is 16.5. The van der Waals surface area contributed by atoms with Crippen molar-refractivity contribution in [3.05, 3.63) is 59.7 Å². The van der Waals surface area contributed by atoms with Gasteiger partial charge in [-0.25, -0.2) is 9.59 Å². The number of hydrogen-bond acceptors (Lipinski definition) is 3. The molecular weight excluding hydrogens is 322 g/mol. The number of benzene rings is 2. The fourth-order valence-electron chi connectivity index (χ4n) is 2.73. The molecule has 0 atom stereocenters. The van der Waals surface area contributed by atoms with Gasteiger partial charge in [0.15, 0.2) is 0 Å². The summed E-state index contributed by atoms with van der Waals surface area (Å²) in [6.45, 7) is 1.16. The Balaban J connectivity index is 1.71. The van der Waals surface area contributed by atoms with Crippen LogP contribution in [0, 0.1) is 0 Å². The number of nitrogens with zero attached hydrogens (tertiary/aromatic N) is 1. The molecule has 3 amide bonds. The lowest BCUT2D eigenvalue weighted by Gasteiger charge is -2.15. The first-order valence-corrected chi connectivity index (χ1v) is 7.81. The molecule has 0 radical (unpaired) electrons. The van der Waals surface area contributed by atoms with Crippen LogP contribution in [0.2, 0.25) is 0 Å². The summed E-state index contributed by atoms with van der Waals surface area (Å²) in [7, 11) is 0. The van der Waals surface area contributed by atoms with Crippen molar-refractivity contribution in [1.29, 1.82) is 0 Å². The molecule has 0 aliphatic carbocycles. The van der Waals surface area contributed by atoms with Crippen molar-refractivity contribution in [2.75, 3.05) is 23.3 Å². The van der Waals surface area contributed by atoms with Crippen LogP contribution in [-0.2, 0) is 11.2 Å². The molecule has 1 aliphatic rings. The van der Waals surface area contributed by atoms with E-state index in [1.54, 1.807) is 47.4 Å². The minimum absolute atomic E-state index is 0.0447. The van der Waals surface area contributed by atoms with Gasteiger partial charge in [0.2, 0.25) is 5.91 Å². The summed E-state index contributed by atoms with van der Waals surface area (Å²) in [5.41, 5.74) is 1.80. The predicted octanol–water partition coefficient (Wildman–Crippen LogP) is 2.10. The molecule has 0 spiro atoms. The van der Waals surface area contributed by atoms with Gasteiger partial charge in [-0.05, 0) is 29.8 Å². The molecule has 1 aliphatic heterocycles. The summed E-state index contributed by atoms with van der Waals surface area (Å²) in [4.78, 5) is 36.8. The average molecular weight is 339 g/mol.